The highest BCUT2D eigenvalue weighted by Gasteiger charge is 2.49. The fourth-order valence-electron chi connectivity index (χ4n) is 5.21. The van der Waals surface area contributed by atoms with E-state index in [1.54, 1.807) is 6.20 Å². The molecule has 1 aromatic heterocycles. The van der Waals surface area contributed by atoms with E-state index in [2.05, 4.69) is 60.1 Å². The van der Waals surface area contributed by atoms with Crippen LogP contribution in [0.4, 0.5) is 5.82 Å². The molecule has 0 radical (unpaired) electrons. The minimum atomic E-state index is -0.140. The minimum absolute atomic E-state index is 0.140. The van der Waals surface area contributed by atoms with Gasteiger partial charge in [0, 0.05) is 24.5 Å². The second-order valence-electron chi connectivity index (χ2n) is 10.9. The van der Waals surface area contributed by atoms with Crippen molar-refractivity contribution >= 4 is 5.82 Å². The van der Waals surface area contributed by atoms with Crippen LogP contribution in [0.5, 0.6) is 17.2 Å². The number of hydrogen-bond acceptors (Lipinski definition) is 6. The third-order valence-corrected chi connectivity index (χ3v) is 7.74. The molecule has 0 bridgehead atoms. The predicted molar refractivity (Wildman–Crippen MR) is 136 cm³/mol. The largest absolute Gasteiger partial charge is 0.490 e. The summed E-state index contributed by atoms with van der Waals surface area (Å²) in [7, 11) is 0. The molecule has 6 rings (SSSR count). The first kappa shape index (κ1) is 22.4. The molecule has 2 aromatic carbocycles. The fourth-order valence-corrected chi connectivity index (χ4v) is 5.21. The van der Waals surface area contributed by atoms with Crippen LogP contribution in [0.2, 0.25) is 0 Å². The van der Waals surface area contributed by atoms with E-state index in [-0.39, 0.29) is 11.5 Å². The van der Waals surface area contributed by atoms with Crippen LogP contribution in [-0.2, 0) is 10.2 Å². The highest BCUT2D eigenvalue weighted by atomic mass is 16.5. The molecule has 2 saturated heterocycles. The summed E-state index contributed by atoms with van der Waals surface area (Å²) in [6.07, 6.45) is 3.94. The SMILES string of the molecule is CC(C)(c1ccc(Oc2ccc(N3CC4(COC4)C3)nc2)cc1)c1ccc(O[C@H]2C[C@H](N)C2)cc1. The zero-order valence-electron chi connectivity index (χ0n) is 20.4. The molecule has 0 atom stereocenters. The molecule has 182 valence electrons. The molecule has 3 aromatic rings. The van der Waals surface area contributed by atoms with Crippen LogP contribution in [0.25, 0.3) is 0 Å². The van der Waals surface area contributed by atoms with Crippen molar-refractivity contribution in [2.24, 2.45) is 11.1 Å². The lowest BCUT2D eigenvalue weighted by Gasteiger charge is -2.55. The standard InChI is InChI=1S/C29H33N3O3/c1-28(2,21-5-9-24(10-6-21)35-26-13-22(30)14-26)20-3-7-23(8-4-20)34-25-11-12-27(31-15-25)32-16-29(17-32)18-33-19-29/h3-12,15,22,26H,13-14,16-19,30H2,1-2H3/t22-,26-. The summed E-state index contributed by atoms with van der Waals surface area (Å²) in [5.74, 6) is 3.46. The van der Waals surface area contributed by atoms with Gasteiger partial charge in [-0.2, -0.15) is 0 Å². The topological polar surface area (TPSA) is 69.8 Å². The zero-order valence-corrected chi connectivity index (χ0v) is 20.4. The van der Waals surface area contributed by atoms with Gasteiger partial charge >= 0.3 is 0 Å². The van der Waals surface area contributed by atoms with E-state index in [4.69, 9.17) is 19.9 Å². The van der Waals surface area contributed by atoms with Gasteiger partial charge in [0.05, 0.1) is 24.8 Å². The van der Waals surface area contributed by atoms with Crippen LogP contribution in [0.15, 0.2) is 66.9 Å². The van der Waals surface area contributed by atoms with Gasteiger partial charge in [-0.3, -0.25) is 0 Å². The van der Waals surface area contributed by atoms with Gasteiger partial charge in [0.25, 0.3) is 0 Å². The molecule has 2 aliphatic heterocycles. The van der Waals surface area contributed by atoms with E-state index in [0.717, 1.165) is 62.2 Å². The second-order valence-corrected chi connectivity index (χ2v) is 10.9. The summed E-state index contributed by atoms with van der Waals surface area (Å²) < 4.78 is 17.4. The van der Waals surface area contributed by atoms with E-state index in [1.165, 1.54) is 11.1 Å². The molecule has 1 aliphatic carbocycles. The molecule has 3 aliphatic rings. The molecule has 35 heavy (non-hydrogen) atoms. The molecule has 0 amide bonds. The third-order valence-electron chi connectivity index (χ3n) is 7.74. The Hall–Kier alpha value is -3.09. The summed E-state index contributed by atoms with van der Waals surface area (Å²) in [6, 6.07) is 21.1. The van der Waals surface area contributed by atoms with Gasteiger partial charge in [-0.25, -0.2) is 4.98 Å². The molecule has 1 saturated carbocycles. The van der Waals surface area contributed by atoms with Crippen molar-refractivity contribution < 1.29 is 14.2 Å². The molecule has 3 fully saturated rings. The lowest BCUT2D eigenvalue weighted by Crippen LogP contribution is -2.66. The summed E-state index contributed by atoms with van der Waals surface area (Å²) in [6.45, 7) is 8.30. The minimum Gasteiger partial charge on any atom is -0.490 e. The van der Waals surface area contributed by atoms with Crippen molar-refractivity contribution in [2.45, 2.75) is 44.2 Å². The Bertz CT molecular complexity index is 1160. The number of rotatable bonds is 7. The van der Waals surface area contributed by atoms with Gasteiger partial charge in [-0.15, -0.1) is 0 Å². The molecule has 3 heterocycles. The van der Waals surface area contributed by atoms with Crippen molar-refractivity contribution in [1.82, 2.24) is 4.98 Å². The summed E-state index contributed by atoms with van der Waals surface area (Å²) >= 11 is 0. The van der Waals surface area contributed by atoms with Crippen molar-refractivity contribution in [2.75, 3.05) is 31.2 Å². The highest BCUT2D eigenvalue weighted by Crippen LogP contribution is 2.40. The smallest absolute Gasteiger partial charge is 0.145 e. The summed E-state index contributed by atoms with van der Waals surface area (Å²) in [5.41, 5.74) is 8.57. The first-order valence-electron chi connectivity index (χ1n) is 12.5. The summed E-state index contributed by atoms with van der Waals surface area (Å²) in [5, 5.41) is 0. The van der Waals surface area contributed by atoms with Gasteiger partial charge in [-0.1, -0.05) is 38.1 Å². The monoisotopic (exact) mass is 471 g/mol. The van der Waals surface area contributed by atoms with E-state index in [9.17, 15) is 0 Å². The van der Waals surface area contributed by atoms with Crippen LogP contribution in [0.1, 0.15) is 37.8 Å². The van der Waals surface area contributed by atoms with Gasteiger partial charge in [0.15, 0.2) is 0 Å². The molecular weight excluding hydrogens is 438 g/mol. The van der Waals surface area contributed by atoms with Crippen LogP contribution < -0.4 is 20.1 Å². The lowest BCUT2D eigenvalue weighted by atomic mass is 9.78. The third kappa shape index (κ3) is 4.37. The molecule has 0 unspecified atom stereocenters. The Kier molecular flexibility index (Phi) is 5.46. The Balaban J connectivity index is 1.07. The number of nitrogens with zero attached hydrogens (tertiary/aromatic N) is 2. The zero-order chi connectivity index (χ0) is 24.0. The van der Waals surface area contributed by atoms with Crippen LogP contribution >= 0.6 is 0 Å². The van der Waals surface area contributed by atoms with Gasteiger partial charge in [-0.05, 0) is 60.4 Å². The maximum absolute atomic E-state index is 6.06. The Morgan fingerprint density at radius 1 is 0.886 bits per heavy atom. The number of nitrogens with two attached hydrogens (primary N) is 1. The van der Waals surface area contributed by atoms with E-state index < -0.39 is 0 Å². The number of benzene rings is 2. The van der Waals surface area contributed by atoms with Gasteiger partial charge < -0.3 is 24.8 Å². The van der Waals surface area contributed by atoms with E-state index in [0.29, 0.717) is 11.5 Å². The summed E-state index contributed by atoms with van der Waals surface area (Å²) in [4.78, 5) is 6.89. The number of pyridine rings is 1. The Labute approximate surface area is 207 Å². The Morgan fingerprint density at radius 3 is 2.00 bits per heavy atom. The number of anilines is 1. The average molecular weight is 472 g/mol. The van der Waals surface area contributed by atoms with Crippen molar-refractivity contribution in [3.05, 3.63) is 78.0 Å². The van der Waals surface area contributed by atoms with Crippen LogP contribution in [-0.4, -0.2) is 43.4 Å². The number of hydrogen-bond donors (Lipinski definition) is 1. The second kappa shape index (κ2) is 8.54. The maximum Gasteiger partial charge on any atom is 0.145 e. The molecule has 1 spiro atoms. The van der Waals surface area contributed by atoms with Crippen molar-refractivity contribution in [3.63, 3.8) is 0 Å². The van der Waals surface area contributed by atoms with Crippen molar-refractivity contribution in [3.8, 4) is 17.2 Å². The van der Waals surface area contributed by atoms with Crippen LogP contribution in [0.3, 0.4) is 0 Å². The normalized spacial score (nSPS) is 22.7. The maximum atomic E-state index is 6.06. The van der Waals surface area contributed by atoms with E-state index >= 15 is 0 Å². The molecular formula is C29H33N3O3. The lowest BCUT2D eigenvalue weighted by molar-refractivity contribution is -0.127. The molecule has 2 N–H and O–H groups in total. The fraction of sp³-hybridized carbons (Fsp3) is 0.414. The van der Waals surface area contributed by atoms with Gasteiger partial charge in [0.2, 0.25) is 0 Å². The van der Waals surface area contributed by atoms with E-state index in [1.807, 2.05) is 24.3 Å². The first-order chi connectivity index (χ1) is 16.9. The highest BCUT2D eigenvalue weighted by molar-refractivity contribution is 5.47. The van der Waals surface area contributed by atoms with Crippen LogP contribution in [0, 0.1) is 5.41 Å². The Morgan fingerprint density at radius 2 is 1.49 bits per heavy atom. The molecule has 6 heteroatoms. The van der Waals surface area contributed by atoms with Gasteiger partial charge in [0.1, 0.15) is 29.2 Å². The molecule has 6 nitrogen and oxygen atoms in total. The number of aromatic nitrogens is 1. The average Bonchev–Trinajstić information content (AvgIpc) is 2.78. The first-order valence-corrected chi connectivity index (χ1v) is 12.5. The number of ether oxygens (including phenoxy) is 3. The predicted octanol–water partition coefficient (Wildman–Crippen LogP) is 4.90. The quantitative estimate of drug-likeness (QED) is 0.528. The van der Waals surface area contributed by atoms with Crippen molar-refractivity contribution in [1.29, 1.82) is 0 Å².